The number of nitrogens with one attached hydrogen (secondary N) is 1. The van der Waals surface area contributed by atoms with Crippen molar-refractivity contribution in [2.24, 2.45) is 0 Å². The number of hydrogen-bond acceptors (Lipinski definition) is 5. The quantitative estimate of drug-likeness (QED) is 0.650. The molecule has 0 radical (unpaired) electrons. The highest BCUT2D eigenvalue weighted by molar-refractivity contribution is 5.96. The van der Waals surface area contributed by atoms with Crippen LogP contribution in [0.2, 0.25) is 0 Å². The van der Waals surface area contributed by atoms with Crippen LogP contribution in [0.15, 0.2) is 41.0 Å². The molecule has 1 amide bonds. The summed E-state index contributed by atoms with van der Waals surface area (Å²) in [6.07, 6.45) is 1.43. The lowest BCUT2D eigenvalue weighted by Crippen LogP contribution is -2.38. The van der Waals surface area contributed by atoms with Crippen LogP contribution in [0.1, 0.15) is 28.6 Å². The Labute approximate surface area is 126 Å². The lowest BCUT2D eigenvalue weighted by molar-refractivity contribution is -0.385. The van der Waals surface area contributed by atoms with Gasteiger partial charge in [0.1, 0.15) is 11.4 Å². The van der Waals surface area contributed by atoms with E-state index in [9.17, 15) is 20.0 Å². The van der Waals surface area contributed by atoms with Crippen molar-refractivity contribution in [1.82, 2.24) is 5.32 Å². The standard InChI is InChI=1S/C15H16N2O5/c1-10-11(5-3-6-12(10)17(20)21)14(18)16-9-15(2,19)13-7-4-8-22-13/h3-8,19H,9H2,1-2H3,(H,16,18). The zero-order chi connectivity index (χ0) is 16.3. The third kappa shape index (κ3) is 3.15. The number of nitro benzene ring substituents is 1. The predicted octanol–water partition coefficient (Wildman–Crippen LogP) is 2.13. The molecule has 2 aromatic rings. The first-order valence-electron chi connectivity index (χ1n) is 6.61. The number of aliphatic hydroxyl groups is 1. The molecule has 2 rings (SSSR count). The van der Waals surface area contributed by atoms with Crippen LogP contribution in [-0.4, -0.2) is 22.5 Å². The van der Waals surface area contributed by atoms with Gasteiger partial charge in [0.2, 0.25) is 0 Å². The molecule has 0 spiro atoms. The molecule has 2 N–H and O–H groups in total. The van der Waals surface area contributed by atoms with Gasteiger partial charge < -0.3 is 14.8 Å². The molecular weight excluding hydrogens is 288 g/mol. The van der Waals surface area contributed by atoms with Gasteiger partial charge in [0.25, 0.3) is 11.6 Å². The zero-order valence-corrected chi connectivity index (χ0v) is 12.2. The van der Waals surface area contributed by atoms with Crippen LogP contribution in [0.25, 0.3) is 0 Å². The number of carbonyl (C=O) groups is 1. The summed E-state index contributed by atoms with van der Waals surface area (Å²) in [5.41, 5.74) is -1.01. The molecule has 1 unspecified atom stereocenters. The minimum Gasteiger partial charge on any atom is -0.466 e. The lowest BCUT2D eigenvalue weighted by atomic mass is 10.0. The van der Waals surface area contributed by atoms with Crippen LogP contribution in [0.5, 0.6) is 0 Å². The van der Waals surface area contributed by atoms with Crippen molar-refractivity contribution >= 4 is 11.6 Å². The monoisotopic (exact) mass is 304 g/mol. The lowest BCUT2D eigenvalue weighted by Gasteiger charge is -2.21. The van der Waals surface area contributed by atoms with Crippen molar-refractivity contribution < 1.29 is 19.2 Å². The fraction of sp³-hybridized carbons (Fsp3) is 0.267. The van der Waals surface area contributed by atoms with Crippen molar-refractivity contribution in [3.63, 3.8) is 0 Å². The van der Waals surface area contributed by atoms with Gasteiger partial charge in [-0.2, -0.15) is 0 Å². The Morgan fingerprint density at radius 1 is 1.41 bits per heavy atom. The average molecular weight is 304 g/mol. The Morgan fingerprint density at radius 2 is 2.14 bits per heavy atom. The van der Waals surface area contributed by atoms with Gasteiger partial charge in [-0.25, -0.2) is 0 Å². The first-order chi connectivity index (χ1) is 10.3. The topological polar surface area (TPSA) is 106 Å². The number of rotatable bonds is 5. The summed E-state index contributed by atoms with van der Waals surface area (Å²) < 4.78 is 5.12. The fourth-order valence-electron chi connectivity index (χ4n) is 2.09. The van der Waals surface area contributed by atoms with E-state index in [0.29, 0.717) is 5.76 Å². The summed E-state index contributed by atoms with van der Waals surface area (Å²) in [6.45, 7) is 2.94. The van der Waals surface area contributed by atoms with Gasteiger partial charge in [-0.3, -0.25) is 14.9 Å². The normalized spacial score (nSPS) is 13.4. The van der Waals surface area contributed by atoms with E-state index in [-0.39, 0.29) is 23.4 Å². The van der Waals surface area contributed by atoms with Crippen molar-refractivity contribution in [2.75, 3.05) is 6.54 Å². The molecular formula is C15H16N2O5. The largest absolute Gasteiger partial charge is 0.466 e. The van der Waals surface area contributed by atoms with Gasteiger partial charge in [-0.05, 0) is 32.0 Å². The highest BCUT2D eigenvalue weighted by atomic mass is 16.6. The SMILES string of the molecule is Cc1c(C(=O)NCC(C)(O)c2ccco2)cccc1[N+](=O)[O-]. The number of hydrogen-bond donors (Lipinski definition) is 2. The van der Waals surface area contributed by atoms with Gasteiger partial charge in [-0.1, -0.05) is 6.07 Å². The highest BCUT2D eigenvalue weighted by Gasteiger charge is 2.27. The average Bonchev–Trinajstić information content (AvgIpc) is 3.00. The molecule has 0 aliphatic heterocycles. The Bertz CT molecular complexity index is 692. The van der Waals surface area contributed by atoms with Crippen LogP contribution in [0, 0.1) is 17.0 Å². The van der Waals surface area contributed by atoms with Gasteiger partial charge in [-0.15, -0.1) is 0 Å². The Balaban J connectivity index is 2.14. The van der Waals surface area contributed by atoms with E-state index in [0.717, 1.165) is 0 Å². The number of amides is 1. The Kier molecular flexibility index (Phi) is 4.27. The van der Waals surface area contributed by atoms with Crippen LogP contribution >= 0.6 is 0 Å². The summed E-state index contributed by atoms with van der Waals surface area (Å²) in [4.78, 5) is 22.5. The second kappa shape index (κ2) is 5.98. The van der Waals surface area contributed by atoms with Crippen molar-refractivity contribution in [1.29, 1.82) is 0 Å². The van der Waals surface area contributed by atoms with Crippen LogP contribution < -0.4 is 5.32 Å². The van der Waals surface area contributed by atoms with E-state index >= 15 is 0 Å². The van der Waals surface area contributed by atoms with Crippen LogP contribution in [0.4, 0.5) is 5.69 Å². The van der Waals surface area contributed by atoms with Crippen LogP contribution in [0.3, 0.4) is 0 Å². The van der Waals surface area contributed by atoms with Crippen molar-refractivity contribution in [3.8, 4) is 0 Å². The molecule has 1 aromatic heterocycles. The van der Waals surface area contributed by atoms with Gasteiger partial charge >= 0.3 is 0 Å². The molecule has 0 saturated heterocycles. The number of nitro groups is 1. The molecule has 22 heavy (non-hydrogen) atoms. The predicted molar refractivity (Wildman–Crippen MR) is 78.4 cm³/mol. The first kappa shape index (κ1) is 15.7. The summed E-state index contributed by atoms with van der Waals surface area (Å²) in [5.74, 6) is -0.170. The number of benzene rings is 1. The van der Waals surface area contributed by atoms with Crippen molar-refractivity contribution in [3.05, 3.63) is 63.6 Å². The van der Waals surface area contributed by atoms with Gasteiger partial charge in [0.05, 0.1) is 17.7 Å². The Morgan fingerprint density at radius 3 is 2.73 bits per heavy atom. The van der Waals surface area contributed by atoms with E-state index in [1.807, 2.05) is 0 Å². The van der Waals surface area contributed by atoms with E-state index in [1.54, 1.807) is 12.1 Å². The van der Waals surface area contributed by atoms with Crippen LogP contribution in [-0.2, 0) is 5.60 Å². The maximum absolute atomic E-state index is 12.2. The molecule has 0 aliphatic carbocycles. The molecule has 7 nitrogen and oxygen atoms in total. The maximum Gasteiger partial charge on any atom is 0.273 e. The van der Waals surface area contributed by atoms with E-state index in [4.69, 9.17) is 4.42 Å². The molecule has 0 bridgehead atoms. The Hall–Kier alpha value is -2.67. The maximum atomic E-state index is 12.2. The number of carbonyl (C=O) groups excluding carboxylic acids is 1. The second-order valence-corrected chi connectivity index (χ2v) is 5.14. The number of nitrogens with zero attached hydrogens (tertiary/aromatic N) is 1. The summed E-state index contributed by atoms with van der Waals surface area (Å²) >= 11 is 0. The minimum atomic E-state index is -1.37. The van der Waals surface area contributed by atoms with E-state index in [1.165, 1.54) is 38.3 Å². The smallest absolute Gasteiger partial charge is 0.273 e. The molecule has 0 saturated carbocycles. The molecule has 116 valence electrons. The molecule has 1 atom stereocenters. The summed E-state index contributed by atoms with van der Waals surface area (Å²) in [5, 5.41) is 23.7. The minimum absolute atomic E-state index is 0.0819. The zero-order valence-electron chi connectivity index (χ0n) is 12.2. The summed E-state index contributed by atoms with van der Waals surface area (Å²) in [6, 6.07) is 7.52. The molecule has 1 aromatic carbocycles. The number of furan rings is 1. The fourth-order valence-corrected chi connectivity index (χ4v) is 2.09. The van der Waals surface area contributed by atoms with Gasteiger partial charge in [0, 0.05) is 17.2 Å². The second-order valence-electron chi connectivity index (χ2n) is 5.14. The highest BCUT2D eigenvalue weighted by Crippen LogP contribution is 2.22. The summed E-state index contributed by atoms with van der Waals surface area (Å²) in [7, 11) is 0. The van der Waals surface area contributed by atoms with Crippen molar-refractivity contribution in [2.45, 2.75) is 19.4 Å². The van der Waals surface area contributed by atoms with Gasteiger partial charge in [0.15, 0.2) is 0 Å². The molecule has 0 aliphatic rings. The molecule has 0 fully saturated rings. The first-order valence-corrected chi connectivity index (χ1v) is 6.61. The third-order valence-electron chi connectivity index (χ3n) is 3.39. The van der Waals surface area contributed by atoms with E-state index in [2.05, 4.69) is 5.32 Å². The third-order valence-corrected chi connectivity index (χ3v) is 3.39. The van der Waals surface area contributed by atoms with E-state index < -0.39 is 16.4 Å². The molecule has 7 heteroatoms. The molecule has 1 heterocycles.